The number of rotatable bonds is 6. The summed E-state index contributed by atoms with van der Waals surface area (Å²) in [6, 6.07) is 7.09. The predicted octanol–water partition coefficient (Wildman–Crippen LogP) is 9.44. The fourth-order valence-electron chi connectivity index (χ4n) is 4.03. The second-order valence-corrected chi connectivity index (χ2v) is 8.29. The van der Waals surface area contributed by atoms with Gasteiger partial charge in [0.2, 0.25) is 0 Å². The number of aliphatic hydroxyl groups is 2. The third-order valence-electron chi connectivity index (χ3n) is 5.57. The van der Waals surface area contributed by atoms with E-state index < -0.39 is 6.68 Å². The molecule has 0 fully saturated rings. The van der Waals surface area contributed by atoms with E-state index in [9.17, 15) is 13.2 Å². The van der Waals surface area contributed by atoms with Gasteiger partial charge in [0, 0.05) is 44.5 Å². The van der Waals surface area contributed by atoms with E-state index in [1.807, 2.05) is 26.8 Å². The molecule has 230 valence electrons. The lowest BCUT2D eigenvalue weighted by molar-refractivity contribution is 0.00819. The number of hydrogen-bond donors (Lipinski definition) is 2. The molecule has 2 aromatic rings. The summed E-state index contributed by atoms with van der Waals surface area (Å²) in [5, 5.41) is 15.5. The third kappa shape index (κ3) is 18.0. The molecule has 1 aliphatic carbocycles. The molecule has 0 saturated carbocycles. The Bertz CT molecular complexity index is 818. The van der Waals surface area contributed by atoms with Gasteiger partial charge in [0.25, 0.3) is 0 Å². The maximum Gasteiger partial charge on any atom is 0.379 e. The zero-order valence-electron chi connectivity index (χ0n) is 26.4. The van der Waals surface area contributed by atoms with Gasteiger partial charge in [-0.25, -0.2) is 0 Å². The van der Waals surface area contributed by atoms with E-state index in [-0.39, 0.29) is 0 Å². The Morgan fingerprint density at radius 2 is 1.56 bits per heavy atom. The first-order chi connectivity index (χ1) is 18.7. The Balaban J connectivity index is -0.000000301. The zero-order valence-corrected chi connectivity index (χ0v) is 26.4. The highest BCUT2D eigenvalue weighted by atomic mass is 19.4. The highest BCUT2D eigenvalue weighted by Crippen LogP contribution is 2.40. The van der Waals surface area contributed by atoms with E-state index in [2.05, 4.69) is 63.6 Å². The smallest absolute Gasteiger partial charge is 0.379 e. The summed E-state index contributed by atoms with van der Waals surface area (Å²) < 4.78 is 36.9. The van der Waals surface area contributed by atoms with Crippen LogP contribution >= 0.6 is 0 Å². The van der Waals surface area contributed by atoms with Crippen molar-refractivity contribution in [3.8, 4) is 0 Å². The third-order valence-corrected chi connectivity index (χ3v) is 5.57. The molecule has 1 heterocycles. The highest BCUT2D eigenvalue weighted by Gasteiger charge is 2.26. The lowest BCUT2D eigenvalue weighted by atomic mass is 9.85. The van der Waals surface area contributed by atoms with Crippen LogP contribution in [0, 0.1) is 0 Å². The number of aromatic nitrogens is 1. The number of aliphatic hydroxyl groups excluding tert-OH is 2. The van der Waals surface area contributed by atoms with Crippen molar-refractivity contribution in [3.05, 3.63) is 60.3 Å². The van der Waals surface area contributed by atoms with E-state index in [1.54, 1.807) is 24.4 Å². The van der Waals surface area contributed by atoms with Crippen LogP contribution in [-0.4, -0.2) is 49.4 Å². The maximum absolute atomic E-state index is 9.67. The van der Waals surface area contributed by atoms with E-state index in [0.29, 0.717) is 5.92 Å². The summed E-state index contributed by atoms with van der Waals surface area (Å²) in [6.07, 6.45) is 9.86. The van der Waals surface area contributed by atoms with Crippen molar-refractivity contribution < 1.29 is 28.1 Å². The molecule has 1 aliphatic rings. The van der Waals surface area contributed by atoms with Gasteiger partial charge in [0.05, 0.1) is 6.61 Å². The summed E-state index contributed by atoms with van der Waals surface area (Å²) in [7, 11) is 3.80. The molecule has 0 radical (unpaired) electrons. The summed E-state index contributed by atoms with van der Waals surface area (Å²) in [5.41, 5.74) is 6.08. The minimum absolute atomic E-state index is 0.591. The van der Waals surface area contributed by atoms with Gasteiger partial charge < -0.3 is 19.5 Å². The SMILES string of the molecule is C=CC.C=CCC.CC.CCC1CCCc2c1n(CCOC)c1ccc(C(C)C)cc21.CO.CO.FC(F)F. The topological polar surface area (TPSA) is 54.6 Å². The van der Waals surface area contributed by atoms with Crippen molar-refractivity contribution in [3.63, 3.8) is 0 Å². The molecule has 7 heteroatoms. The Labute approximate surface area is 237 Å². The highest BCUT2D eigenvalue weighted by molar-refractivity contribution is 5.87. The van der Waals surface area contributed by atoms with Crippen LogP contribution in [0.5, 0.6) is 0 Å². The van der Waals surface area contributed by atoms with Crippen molar-refractivity contribution in [1.82, 2.24) is 4.57 Å². The first-order valence-corrected chi connectivity index (χ1v) is 13.9. The second kappa shape index (κ2) is 30.5. The van der Waals surface area contributed by atoms with Crippen molar-refractivity contribution in [2.24, 2.45) is 0 Å². The average molecular weight is 562 g/mol. The van der Waals surface area contributed by atoms with Gasteiger partial charge in [-0.3, -0.25) is 0 Å². The lowest BCUT2D eigenvalue weighted by Crippen LogP contribution is -2.15. The normalized spacial score (nSPS) is 12.6. The summed E-state index contributed by atoms with van der Waals surface area (Å²) >= 11 is 0. The number of aryl methyl sites for hydroxylation is 1. The number of fused-ring (bicyclic) bond motifs is 3. The van der Waals surface area contributed by atoms with Crippen LogP contribution in [0.25, 0.3) is 10.9 Å². The van der Waals surface area contributed by atoms with Gasteiger partial charge in [-0.2, -0.15) is 13.2 Å². The van der Waals surface area contributed by atoms with Gasteiger partial charge >= 0.3 is 6.68 Å². The summed E-state index contributed by atoms with van der Waals surface area (Å²) in [6.45, 7) is 19.8. The zero-order chi connectivity index (χ0) is 31.4. The molecule has 0 spiro atoms. The van der Waals surface area contributed by atoms with Crippen molar-refractivity contribution in [2.75, 3.05) is 27.9 Å². The first kappa shape index (κ1) is 43.9. The minimum Gasteiger partial charge on any atom is -0.400 e. The number of halogens is 3. The molecular formula is C32H58F3NO3. The molecule has 1 atom stereocenters. The Kier molecular flexibility index (Phi) is 34.3. The summed E-state index contributed by atoms with van der Waals surface area (Å²) in [5.74, 6) is 1.31. The predicted molar refractivity (Wildman–Crippen MR) is 165 cm³/mol. The van der Waals surface area contributed by atoms with Crippen LogP contribution < -0.4 is 0 Å². The minimum atomic E-state index is -3.67. The molecule has 0 saturated heterocycles. The van der Waals surface area contributed by atoms with Crippen molar-refractivity contribution >= 4 is 10.9 Å². The molecular weight excluding hydrogens is 503 g/mol. The summed E-state index contributed by atoms with van der Waals surface area (Å²) in [4.78, 5) is 0. The number of alkyl halides is 3. The molecule has 0 aliphatic heterocycles. The van der Waals surface area contributed by atoms with Crippen molar-refractivity contribution in [2.45, 2.75) is 106 Å². The van der Waals surface area contributed by atoms with Crippen molar-refractivity contribution in [1.29, 1.82) is 0 Å². The van der Waals surface area contributed by atoms with Gasteiger partial charge in [-0.15, -0.1) is 13.2 Å². The van der Waals surface area contributed by atoms with Crippen LogP contribution in [0.15, 0.2) is 43.5 Å². The molecule has 1 aromatic heterocycles. The van der Waals surface area contributed by atoms with E-state index in [1.165, 1.54) is 42.1 Å². The maximum atomic E-state index is 9.67. The number of allylic oxidation sites excluding steroid dienone is 2. The largest absolute Gasteiger partial charge is 0.400 e. The number of nitrogens with zero attached hydrogens (tertiary/aromatic N) is 1. The quantitative estimate of drug-likeness (QED) is 0.345. The van der Waals surface area contributed by atoms with Gasteiger partial charge in [0.15, 0.2) is 0 Å². The number of benzene rings is 1. The van der Waals surface area contributed by atoms with Crippen LogP contribution in [-0.2, 0) is 17.7 Å². The van der Waals surface area contributed by atoms with Gasteiger partial charge in [0.1, 0.15) is 0 Å². The molecule has 3 rings (SSSR count). The molecule has 1 unspecified atom stereocenters. The first-order valence-electron chi connectivity index (χ1n) is 13.9. The molecule has 1 aromatic carbocycles. The molecule has 2 N–H and O–H groups in total. The molecule has 4 nitrogen and oxygen atoms in total. The van der Waals surface area contributed by atoms with Gasteiger partial charge in [-0.05, 0) is 74.1 Å². The van der Waals surface area contributed by atoms with Gasteiger partial charge in [-0.1, -0.05) is 59.8 Å². The monoisotopic (exact) mass is 561 g/mol. The Morgan fingerprint density at radius 1 is 1.08 bits per heavy atom. The Hall–Kier alpha value is -2.09. The van der Waals surface area contributed by atoms with Crippen LogP contribution in [0.1, 0.15) is 103 Å². The van der Waals surface area contributed by atoms with E-state index in [0.717, 1.165) is 39.7 Å². The van der Waals surface area contributed by atoms with E-state index >= 15 is 0 Å². The molecule has 0 amide bonds. The van der Waals surface area contributed by atoms with Crippen LogP contribution in [0.2, 0.25) is 0 Å². The standard InChI is InChI=1S/C20H29NO.C4H8.C3H6.C2H6.CHF3.2CH4O/c1-5-15-7-6-8-17-18-13-16(14(2)3)9-10-19(18)21(20(15)17)11-12-22-4;1-3-4-2;1-3-2;1-2;2-1(3)4;2*1-2/h9-10,13-15H,5-8,11-12H2,1-4H3;3H,1,4H2,2H3;3H,1H2,2H3;1-2H3;1H;2*2H,1H3. The van der Waals surface area contributed by atoms with Crippen LogP contribution in [0.3, 0.4) is 0 Å². The fraction of sp³-hybridized carbons (Fsp3) is 0.625. The average Bonchev–Trinajstić information content (AvgIpc) is 3.28. The number of methoxy groups -OCH3 is 1. The van der Waals surface area contributed by atoms with Crippen LogP contribution in [0.4, 0.5) is 13.2 Å². The molecule has 0 bridgehead atoms. The second-order valence-electron chi connectivity index (χ2n) is 8.29. The number of hydrogen-bond acceptors (Lipinski definition) is 3. The van der Waals surface area contributed by atoms with E-state index in [4.69, 9.17) is 14.9 Å². The fourth-order valence-corrected chi connectivity index (χ4v) is 4.03. The lowest BCUT2D eigenvalue weighted by Gasteiger charge is -2.24. The Morgan fingerprint density at radius 3 is 1.95 bits per heavy atom. The number of ether oxygens (including phenoxy) is 1. The molecule has 39 heavy (non-hydrogen) atoms.